The molecule has 0 aromatic carbocycles. The number of hydrogen-bond acceptors (Lipinski definition) is 1. The van der Waals surface area contributed by atoms with Crippen LogP contribution >= 0.6 is 0 Å². The van der Waals surface area contributed by atoms with Gasteiger partial charge in [-0.05, 0) is 18.3 Å². The van der Waals surface area contributed by atoms with Crippen molar-refractivity contribution in [3.05, 3.63) is 24.4 Å². The molecule has 94 valence electrons. The van der Waals surface area contributed by atoms with Gasteiger partial charge in [0.2, 0.25) is 0 Å². The summed E-state index contributed by atoms with van der Waals surface area (Å²) in [4.78, 5) is 0. The van der Waals surface area contributed by atoms with Gasteiger partial charge in [-0.25, -0.2) is 0 Å². The molecule has 0 aliphatic carbocycles. The van der Waals surface area contributed by atoms with Gasteiger partial charge >= 0.3 is 0 Å². The topological polar surface area (TPSA) is 12.0 Å². The zero-order chi connectivity index (χ0) is 13.0. The van der Waals surface area contributed by atoms with Crippen LogP contribution in [-0.4, -0.2) is 6.54 Å². The van der Waals surface area contributed by atoms with Crippen molar-refractivity contribution in [3.63, 3.8) is 0 Å². The highest BCUT2D eigenvalue weighted by molar-refractivity contribution is 5.06. The summed E-state index contributed by atoms with van der Waals surface area (Å²) in [6.07, 6.45) is 2.22. The Bertz CT molecular complexity index is 220. The summed E-state index contributed by atoms with van der Waals surface area (Å²) >= 11 is 0. The molecule has 0 aliphatic rings. The van der Waals surface area contributed by atoms with E-state index >= 15 is 0 Å². The fourth-order valence-corrected chi connectivity index (χ4v) is 1.18. The molecule has 0 saturated heterocycles. The highest BCUT2D eigenvalue weighted by atomic mass is 14.9. The molecule has 0 radical (unpaired) electrons. The molecule has 0 aliphatic heterocycles. The first kappa shape index (κ1) is 15.3. The molecule has 0 saturated carbocycles. The molecule has 0 unspecified atom stereocenters. The molecule has 0 spiro atoms. The summed E-state index contributed by atoms with van der Waals surface area (Å²) in [5, 5.41) is 3.39. The largest absolute Gasteiger partial charge is 0.388 e. The van der Waals surface area contributed by atoms with E-state index in [1.807, 2.05) is 0 Å². The van der Waals surface area contributed by atoms with E-state index in [1.54, 1.807) is 0 Å². The summed E-state index contributed by atoms with van der Waals surface area (Å²) in [5.41, 5.74) is 2.84. The van der Waals surface area contributed by atoms with Gasteiger partial charge in [0.15, 0.2) is 0 Å². The van der Waals surface area contributed by atoms with Crippen molar-refractivity contribution >= 4 is 0 Å². The number of rotatable bonds is 5. The SMILES string of the molecule is C=C(CCCNC(=C)C(C)(C)C)C(C)(C)C. The zero-order valence-corrected chi connectivity index (χ0v) is 12.0. The van der Waals surface area contributed by atoms with E-state index in [0.717, 1.165) is 25.1 Å². The van der Waals surface area contributed by atoms with E-state index in [4.69, 9.17) is 0 Å². The second-order valence-electron chi connectivity index (χ2n) is 6.61. The van der Waals surface area contributed by atoms with Crippen LogP contribution in [0.2, 0.25) is 0 Å². The van der Waals surface area contributed by atoms with Crippen molar-refractivity contribution in [1.29, 1.82) is 0 Å². The molecule has 1 N–H and O–H groups in total. The van der Waals surface area contributed by atoms with Crippen molar-refractivity contribution in [3.8, 4) is 0 Å². The molecule has 0 fully saturated rings. The first-order valence-electron chi connectivity index (χ1n) is 6.16. The van der Waals surface area contributed by atoms with Gasteiger partial charge < -0.3 is 5.32 Å². The van der Waals surface area contributed by atoms with Gasteiger partial charge in [-0.15, -0.1) is 0 Å². The molecular formula is C15H29N. The number of allylic oxidation sites excluding steroid dienone is 2. The molecule has 0 atom stereocenters. The standard InChI is InChI=1S/C15H29N/c1-12(14(3,4)5)10-9-11-16-13(2)15(6,7)8/h16H,1-2,9-11H2,3-8H3. The van der Waals surface area contributed by atoms with Crippen molar-refractivity contribution in [2.75, 3.05) is 6.54 Å². The summed E-state index contributed by atoms with van der Waals surface area (Å²) in [7, 11) is 0. The van der Waals surface area contributed by atoms with E-state index < -0.39 is 0 Å². The van der Waals surface area contributed by atoms with Gasteiger partial charge in [0.05, 0.1) is 0 Å². The van der Waals surface area contributed by atoms with E-state index in [2.05, 4.69) is 60.0 Å². The Balaban J connectivity index is 3.79. The average Bonchev–Trinajstić information content (AvgIpc) is 2.08. The van der Waals surface area contributed by atoms with Gasteiger partial charge in [0.1, 0.15) is 0 Å². The predicted octanol–water partition coefficient (Wildman–Crippen LogP) is 4.52. The Hall–Kier alpha value is -0.720. The van der Waals surface area contributed by atoms with Crippen LogP contribution < -0.4 is 5.32 Å². The van der Waals surface area contributed by atoms with Crippen LogP contribution in [0.1, 0.15) is 54.4 Å². The third-order valence-electron chi connectivity index (χ3n) is 2.96. The molecular weight excluding hydrogens is 194 g/mol. The molecule has 0 heterocycles. The summed E-state index contributed by atoms with van der Waals surface area (Å²) in [5.74, 6) is 0. The van der Waals surface area contributed by atoms with Crippen molar-refractivity contribution in [2.45, 2.75) is 54.4 Å². The maximum atomic E-state index is 4.14. The second-order valence-corrected chi connectivity index (χ2v) is 6.61. The quantitative estimate of drug-likeness (QED) is 0.534. The maximum absolute atomic E-state index is 4.14. The van der Waals surface area contributed by atoms with Crippen LogP contribution in [0, 0.1) is 10.8 Å². The van der Waals surface area contributed by atoms with Crippen LogP contribution in [0.3, 0.4) is 0 Å². The summed E-state index contributed by atoms with van der Waals surface area (Å²) < 4.78 is 0. The molecule has 16 heavy (non-hydrogen) atoms. The Kier molecular flexibility index (Phi) is 5.31. The lowest BCUT2D eigenvalue weighted by Gasteiger charge is -2.24. The first-order chi connectivity index (χ1) is 7.05. The third-order valence-corrected chi connectivity index (χ3v) is 2.96. The fourth-order valence-electron chi connectivity index (χ4n) is 1.18. The van der Waals surface area contributed by atoms with E-state index in [9.17, 15) is 0 Å². The second kappa shape index (κ2) is 5.56. The van der Waals surface area contributed by atoms with Crippen LogP contribution in [0.5, 0.6) is 0 Å². The highest BCUT2D eigenvalue weighted by Crippen LogP contribution is 2.27. The molecule has 1 heteroatoms. The third kappa shape index (κ3) is 5.99. The van der Waals surface area contributed by atoms with Gasteiger partial charge in [0.25, 0.3) is 0 Å². The zero-order valence-electron chi connectivity index (χ0n) is 12.0. The summed E-state index contributed by atoms with van der Waals surface area (Å²) in [6, 6.07) is 0. The fraction of sp³-hybridized carbons (Fsp3) is 0.733. The van der Waals surface area contributed by atoms with Crippen LogP contribution in [0.4, 0.5) is 0 Å². The smallest absolute Gasteiger partial charge is 0.0147 e. The Morgan fingerprint density at radius 1 is 0.938 bits per heavy atom. The van der Waals surface area contributed by atoms with Gasteiger partial charge in [-0.2, -0.15) is 0 Å². The number of nitrogens with one attached hydrogen (secondary N) is 1. The minimum Gasteiger partial charge on any atom is -0.388 e. The minimum absolute atomic E-state index is 0.154. The van der Waals surface area contributed by atoms with Gasteiger partial charge in [-0.3, -0.25) is 0 Å². The monoisotopic (exact) mass is 223 g/mol. The lowest BCUT2D eigenvalue weighted by molar-refractivity contribution is 0.450. The molecule has 1 nitrogen and oxygen atoms in total. The number of hydrogen-bond donors (Lipinski definition) is 1. The van der Waals surface area contributed by atoms with E-state index in [0.29, 0.717) is 0 Å². The molecule has 0 rings (SSSR count). The van der Waals surface area contributed by atoms with Crippen LogP contribution in [0.25, 0.3) is 0 Å². The lowest BCUT2D eigenvalue weighted by Crippen LogP contribution is -2.24. The van der Waals surface area contributed by atoms with E-state index in [-0.39, 0.29) is 10.8 Å². The van der Waals surface area contributed by atoms with Gasteiger partial charge in [0, 0.05) is 17.7 Å². The van der Waals surface area contributed by atoms with Gasteiger partial charge in [-0.1, -0.05) is 60.3 Å². The highest BCUT2D eigenvalue weighted by Gasteiger charge is 2.15. The Morgan fingerprint density at radius 2 is 1.44 bits per heavy atom. The molecule has 0 aromatic rings. The minimum atomic E-state index is 0.154. The van der Waals surface area contributed by atoms with Crippen LogP contribution in [-0.2, 0) is 0 Å². The lowest BCUT2D eigenvalue weighted by atomic mass is 9.85. The van der Waals surface area contributed by atoms with Crippen molar-refractivity contribution in [1.82, 2.24) is 5.32 Å². The van der Waals surface area contributed by atoms with Crippen LogP contribution in [0.15, 0.2) is 24.4 Å². The first-order valence-corrected chi connectivity index (χ1v) is 6.16. The predicted molar refractivity (Wildman–Crippen MR) is 74.4 cm³/mol. The van der Waals surface area contributed by atoms with E-state index in [1.165, 1.54) is 5.57 Å². The maximum Gasteiger partial charge on any atom is 0.0147 e. The summed E-state index contributed by atoms with van der Waals surface area (Å²) in [6.45, 7) is 22.4. The van der Waals surface area contributed by atoms with Crippen molar-refractivity contribution in [2.24, 2.45) is 10.8 Å². The normalized spacial score (nSPS) is 12.4. The average molecular weight is 223 g/mol. The Labute approximate surface area is 102 Å². The molecule has 0 bridgehead atoms. The molecule has 0 aromatic heterocycles. The Morgan fingerprint density at radius 3 is 1.81 bits per heavy atom. The molecule has 0 amide bonds. The van der Waals surface area contributed by atoms with Crippen molar-refractivity contribution < 1.29 is 0 Å².